The average Bonchev–Trinajstić information content (AvgIpc) is 2.99. The second-order valence-corrected chi connectivity index (χ2v) is 6.43. The zero-order valence-corrected chi connectivity index (χ0v) is 14.6. The molecular formula is C17H16F5N5O. The molecule has 1 aliphatic rings. The predicted molar refractivity (Wildman–Crippen MR) is 88.0 cm³/mol. The van der Waals surface area contributed by atoms with Gasteiger partial charge in [0.1, 0.15) is 12.0 Å². The van der Waals surface area contributed by atoms with Gasteiger partial charge in [-0.15, -0.1) is 0 Å². The molecule has 1 unspecified atom stereocenters. The van der Waals surface area contributed by atoms with Crippen molar-refractivity contribution in [2.75, 3.05) is 0 Å². The molecule has 1 amide bonds. The van der Waals surface area contributed by atoms with Gasteiger partial charge in [-0.25, -0.2) is 18.7 Å². The van der Waals surface area contributed by atoms with Gasteiger partial charge < -0.3 is 10.6 Å². The second kappa shape index (κ2) is 7.74. The van der Waals surface area contributed by atoms with Crippen molar-refractivity contribution in [3.05, 3.63) is 41.9 Å². The summed E-state index contributed by atoms with van der Waals surface area (Å²) in [5.74, 6) is -2.47. The van der Waals surface area contributed by atoms with Gasteiger partial charge in [0, 0.05) is 42.5 Å². The van der Waals surface area contributed by atoms with Crippen LogP contribution in [-0.2, 0) is 17.5 Å². The van der Waals surface area contributed by atoms with Crippen molar-refractivity contribution in [3.8, 4) is 11.3 Å². The van der Waals surface area contributed by atoms with E-state index in [4.69, 9.17) is 0 Å². The first-order valence-electron chi connectivity index (χ1n) is 8.37. The van der Waals surface area contributed by atoms with Gasteiger partial charge in [0.25, 0.3) is 0 Å². The van der Waals surface area contributed by atoms with Crippen LogP contribution in [0.5, 0.6) is 0 Å². The van der Waals surface area contributed by atoms with Gasteiger partial charge in [-0.3, -0.25) is 9.78 Å². The lowest BCUT2D eigenvalue weighted by atomic mass is 10.1. The first kappa shape index (κ1) is 20.1. The van der Waals surface area contributed by atoms with Crippen LogP contribution < -0.4 is 10.6 Å². The minimum atomic E-state index is -4.67. The highest BCUT2D eigenvalue weighted by atomic mass is 19.4. The van der Waals surface area contributed by atoms with Gasteiger partial charge in [0.15, 0.2) is 0 Å². The number of hydrogen-bond acceptors (Lipinski definition) is 5. The van der Waals surface area contributed by atoms with Gasteiger partial charge in [0.05, 0.1) is 17.9 Å². The Morgan fingerprint density at radius 3 is 2.50 bits per heavy atom. The molecule has 6 nitrogen and oxygen atoms in total. The molecule has 11 heteroatoms. The fourth-order valence-electron chi connectivity index (χ4n) is 2.79. The summed E-state index contributed by atoms with van der Waals surface area (Å²) in [6.45, 7) is 1.43. The van der Waals surface area contributed by atoms with E-state index in [0.717, 1.165) is 18.6 Å². The van der Waals surface area contributed by atoms with E-state index in [9.17, 15) is 26.7 Å². The number of aromatic nitrogens is 3. The highest BCUT2D eigenvalue weighted by Crippen LogP contribution is 2.27. The molecule has 2 aromatic rings. The fraction of sp³-hybridized carbons (Fsp3) is 0.412. The molecule has 0 spiro atoms. The SMILES string of the molecule is C[C@@H]1NC(C(=O)NCc2cc(-c3cnc(C(F)(F)F)nc3)ncc2F)C[C@H]1F. The molecule has 150 valence electrons. The van der Waals surface area contributed by atoms with E-state index < -0.39 is 42.0 Å². The summed E-state index contributed by atoms with van der Waals surface area (Å²) in [6, 6.07) is 0.127. The van der Waals surface area contributed by atoms with Crippen LogP contribution >= 0.6 is 0 Å². The zero-order valence-electron chi connectivity index (χ0n) is 14.6. The third kappa shape index (κ3) is 4.41. The third-order valence-corrected chi connectivity index (χ3v) is 4.37. The number of amides is 1. The molecule has 0 aliphatic carbocycles. The quantitative estimate of drug-likeness (QED) is 0.770. The second-order valence-electron chi connectivity index (χ2n) is 6.43. The van der Waals surface area contributed by atoms with Crippen LogP contribution in [0.1, 0.15) is 24.7 Å². The number of nitrogens with zero attached hydrogens (tertiary/aromatic N) is 3. The lowest BCUT2D eigenvalue weighted by molar-refractivity contribution is -0.145. The van der Waals surface area contributed by atoms with Crippen LogP contribution in [0.25, 0.3) is 11.3 Å². The fourth-order valence-corrected chi connectivity index (χ4v) is 2.79. The predicted octanol–water partition coefficient (Wildman–Crippen LogP) is 2.40. The topological polar surface area (TPSA) is 79.8 Å². The lowest BCUT2D eigenvalue weighted by Crippen LogP contribution is -2.42. The Balaban J connectivity index is 1.70. The van der Waals surface area contributed by atoms with Crippen molar-refractivity contribution < 1.29 is 26.7 Å². The Hall–Kier alpha value is -2.69. The molecule has 1 saturated heterocycles. The number of hydrogen-bond donors (Lipinski definition) is 2. The Morgan fingerprint density at radius 1 is 1.25 bits per heavy atom. The minimum Gasteiger partial charge on any atom is -0.351 e. The number of carbonyl (C=O) groups excluding carboxylic acids is 1. The van der Waals surface area contributed by atoms with E-state index in [2.05, 4.69) is 25.6 Å². The van der Waals surface area contributed by atoms with Crippen LogP contribution in [0.15, 0.2) is 24.7 Å². The normalized spacial score (nSPS) is 22.3. The van der Waals surface area contributed by atoms with Crippen LogP contribution in [0.2, 0.25) is 0 Å². The number of nitrogens with one attached hydrogen (secondary N) is 2. The molecule has 1 aliphatic heterocycles. The highest BCUT2D eigenvalue weighted by molar-refractivity contribution is 5.82. The van der Waals surface area contributed by atoms with Gasteiger partial charge in [0.2, 0.25) is 11.7 Å². The van der Waals surface area contributed by atoms with Crippen molar-refractivity contribution >= 4 is 5.91 Å². The number of halogens is 5. The van der Waals surface area contributed by atoms with Gasteiger partial charge in [-0.05, 0) is 13.0 Å². The standard InChI is InChI=1S/C17H16F5N5O/c1-8-11(18)3-14(27-8)15(28)24-4-9-2-13(23-7-12(9)19)10-5-25-16(26-6-10)17(20,21)22/h2,5-8,11,14,27H,3-4H2,1H3,(H,24,28)/t8-,11+,14?/m0/s1. The van der Waals surface area contributed by atoms with Crippen LogP contribution in [0, 0.1) is 5.82 Å². The summed E-state index contributed by atoms with van der Waals surface area (Å²) in [4.78, 5) is 22.4. The molecule has 0 aromatic carbocycles. The number of pyridine rings is 1. The Morgan fingerprint density at radius 2 is 1.93 bits per heavy atom. The average molecular weight is 401 g/mol. The number of alkyl halides is 4. The zero-order chi connectivity index (χ0) is 20.5. The Labute approximate surface area is 156 Å². The Kier molecular flexibility index (Phi) is 5.54. The summed E-state index contributed by atoms with van der Waals surface area (Å²) in [5, 5.41) is 5.32. The molecule has 0 bridgehead atoms. The minimum absolute atomic E-state index is 0.0277. The van der Waals surface area contributed by atoms with Crippen molar-refractivity contribution in [2.24, 2.45) is 0 Å². The molecule has 3 atom stereocenters. The van der Waals surface area contributed by atoms with Crippen molar-refractivity contribution in [3.63, 3.8) is 0 Å². The van der Waals surface area contributed by atoms with Crippen molar-refractivity contribution in [1.29, 1.82) is 0 Å². The summed E-state index contributed by atoms with van der Waals surface area (Å²) < 4.78 is 65.1. The smallest absolute Gasteiger partial charge is 0.351 e. The first-order valence-corrected chi connectivity index (χ1v) is 8.37. The number of carbonyl (C=O) groups is 1. The molecule has 2 N–H and O–H groups in total. The third-order valence-electron chi connectivity index (χ3n) is 4.37. The Bertz CT molecular complexity index is 848. The lowest BCUT2D eigenvalue weighted by Gasteiger charge is -2.13. The van der Waals surface area contributed by atoms with Crippen LogP contribution in [0.3, 0.4) is 0 Å². The molecule has 0 radical (unpaired) electrons. The van der Waals surface area contributed by atoms with E-state index in [1.165, 1.54) is 6.07 Å². The molecule has 28 heavy (non-hydrogen) atoms. The molecule has 3 rings (SSSR count). The van der Waals surface area contributed by atoms with E-state index in [1.54, 1.807) is 6.92 Å². The monoisotopic (exact) mass is 401 g/mol. The van der Waals surface area contributed by atoms with Gasteiger partial charge >= 0.3 is 6.18 Å². The molecular weight excluding hydrogens is 385 g/mol. The summed E-state index contributed by atoms with van der Waals surface area (Å²) in [5.41, 5.74) is 0.379. The summed E-state index contributed by atoms with van der Waals surface area (Å²) >= 11 is 0. The van der Waals surface area contributed by atoms with Crippen LogP contribution in [-0.4, -0.2) is 39.1 Å². The van der Waals surface area contributed by atoms with E-state index >= 15 is 0 Å². The summed E-state index contributed by atoms with van der Waals surface area (Å²) in [6.07, 6.45) is -3.02. The van der Waals surface area contributed by atoms with Crippen LogP contribution in [0.4, 0.5) is 22.0 Å². The maximum Gasteiger partial charge on any atom is 0.451 e. The molecule has 0 saturated carbocycles. The molecule has 3 heterocycles. The van der Waals surface area contributed by atoms with E-state index in [0.29, 0.717) is 0 Å². The highest BCUT2D eigenvalue weighted by Gasteiger charge is 2.35. The molecule has 1 fully saturated rings. The first-order chi connectivity index (χ1) is 13.1. The maximum atomic E-state index is 14.0. The molecule has 2 aromatic heterocycles. The largest absolute Gasteiger partial charge is 0.451 e. The van der Waals surface area contributed by atoms with E-state index in [-0.39, 0.29) is 29.8 Å². The van der Waals surface area contributed by atoms with Crippen molar-refractivity contribution in [2.45, 2.75) is 44.3 Å². The van der Waals surface area contributed by atoms with Gasteiger partial charge in [-0.1, -0.05) is 0 Å². The maximum absolute atomic E-state index is 14.0. The number of rotatable bonds is 4. The van der Waals surface area contributed by atoms with Crippen molar-refractivity contribution in [1.82, 2.24) is 25.6 Å². The van der Waals surface area contributed by atoms with E-state index in [1.807, 2.05) is 0 Å². The van der Waals surface area contributed by atoms with Gasteiger partial charge in [-0.2, -0.15) is 13.2 Å². The summed E-state index contributed by atoms with van der Waals surface area (Å²) in [7, 11) is 0.